The molecule has 0 aliphatic carbocycles. The second-order valence-electron chi connectivity index (χ2n) is 4.32. The topological polar surface area (TPSA) is 72.6 Å². The van der Waals surface area contributed by atoms with E-state index in [0.717, 1.165) is 10.7 Å². The molecule has 0 aromatic heterocycles. The lowest BCUT2D eigenvalue weighted by Crippen LogP contribution is -2.22. The van der Waals surface area contributed by atoms with Gasteiger partial charge < -0.3 is 10.5 Å². The van der Waals surface area contributed by atoms with Crippen molar-refractivity contribution < 1.29 is 13.2 Å². The van der Waals surface area contributed by atoms with Gasteiger partial charge in [-0.3, -0.25) is 0 Å². The molecule has 1 rings (SSSR count). The van der Waals surface area contributed by atoms with Gasteiger partial charge in [-0.25, -0.2) is 12.7 Å². The summed E-state index contributed by atoms with van der Waals surface area (Å²) < 4.78 is 30.7. The number of hydrogen-bond acceptors (Lipinski definition) is 4. The van der Waals surface area contributed by atoms with Crippen LogP contribution in [0.1, 0.15) is 20.3 Å². The van der Waals surface area contributed by atoms with Crippen molar-refractivity contribution in [1.29, 1.82) is 0 Å². The lowest BCUT2D eigenvalue weighted by molar-refractivity contribution is 0.218. The molecule has 18 heavy (non-hydrogen) atoms. The standard InChI is InChI=1S/C12H20N2O3S/c1-5-9(2)17-12-8-10(6-7-11(12)13)18(15,16)14(3)4/h6-9H,5,13H2,1-4H3. The summed E-state index contributed by atoms with van der Waals surface area (Å²) in [6.07, 6.45) is 0.814. The number of hydrogen-bond donors (Lipinski definition) is 1. The van der Waals surface area contributed by atoms with Gasteiger partial charge in [0.2, 0.25) is 10.0 Å². The fraction of sp³-hybridized carbons (Fsp3) is 0.500. The van der Waals surface area contributed by atoms with Gasteiger partial charge in [0.1, 0.15) is 5.75 Å². The molecule has 0 bridgehead atoms. The van der Waals surface area contributed by atoms with E-state index in [1.165, 1.54) is 26.2 Å². The predicted molar refractivity (Wildman–Crippen MR) is 72.1 cm³/mol. The molecule has 1 unspecified atom stereocenters. The summed E-state index contributed by atoms with van der Waals surface area (Å²) in [6, 6.07) is 4.50. The van der Waals surface area contributed by atoms with Crippen LogP contribution in [0, 0.1) is 0 Å². The van der Waals surface area contributed by atoms with Gasteiger partial charge in [0, 0.05) is 20.2 Å². The Hall–Kier alpha value is -1.27. The third-order valence-corrected chi connectivity index (χ3v) is 4.48. The normalized spacial score (nSPS) is 13.6. The monoisotopic (exact) mass is 272 g/mol. The van der Waals surface area contributed by atoms with Crippen molar-refractivity contribution in [3.05, 3.63) is 18.2 Å². The Bertz CT molecular complexity index is 512. The van der Waals surface area contributed by atoms with Gasteiger partial charge in [-0.15, -0.1) is 0 Å². The SMILES string of the molecule is CCC(C)Oc1cc(S(=O)(=O)N(C)C)ccc1N. The molecule has 0 aliphatic rings. The van der Waals surface area contributed by atoms with Crippen LogP contribution in [0.25, 0.3) is 0 Å². The fourth-order valence-corrected chi connectivity index (χ4v) is 2.21. The summed E-state index contributed by atoms with van der Waals surface area (Å²) >= 11 is 0. The Morgan fingerprint density at radius 3 is 2.50 bits per heavy atom. The van der Waals surface area contributed by atoms with Gasteiger partial charge in [-0.05, 0) is 25.5 Å². The first-order valence-electron chi connectivity index (χ1n) is 5.77. The average Bonchev–Trinajstić information content (AvgIpc) is 2.31. The second-order valence-corrected chi connectivity index (χ2v) is 6.48. The van der Waals surface area contributed by atoms with E-state index in [0.29, 0.717) is 11.4 Å². The summed E-state index contributed by atoms with van der Waals surface area (Å²) in [5, 5.41) is 0. The van der Waals surface area contributed by atoms with Gasteiger partial charge in [-0.2, -0.15) is 0 Å². The molecule has 1 aromatic rings. The minimum Gasteiger partial charge on any atom is -0.489 e. The van der Waals surface area contributed by atoms with Gasteiger partial charge in [-0.1, -0.05) is 6.92 Å². The van der Waals surface area contributed by atoms with Crippen molar-refractivity contribution in [2.24, 2.45) is 0 Å². The molecule has 6 heteroatoms. The zero-order chi connectivity index (χ0) is 13.9. The molecule has 102 valence electrons. The molecule has 1 aromatic carbocycles. The molecular weight excluding hydrogens is 252 g/mol. The Balaban J connectivity index is 3.16. The van der Waals surface area contributed by atoms with Gasteiger partial charge in [0.05, 0.1) is 16.7 Å². The van der Waals surface area contributed by atoms with Crippen molar-refractivity contribution in [3.63, 3.8) is 0 Å². The predicted octanol–water partition coefficient (Wildman–Crippen LogP) is 1.70. The van der Waals surface area contributed by atoms with Crippen molar-refractivity contribution in [1.82, 2.24) is 4.31 Å². The fourth-order valence-electron chi connectivity index (χ4n) is 1.29. The summed E-state index contributed by atoms with van der Waals surface area (Å²) in [4.78, 5) is 0.181. The van der Waals surface area contributed by atoms with Crippen LogP contribution in [0.2, 0.25) is 0 Å². The smallest absolute Gasteiger partial charge is 0.242 e. The van der Waals surface area contributed by atoms with E-state index < -0.39 is 10.0 Å². The highest BCUT2D eigenvalue weighted by atomic mass is 32.2. The minimum absolute atomic E-state index is 0.00962. The average molecular weight is 272 g/mol. The maximum Gasteiger partial charge on any atom is 0.242 e. The Kier molecular flexibility index (Phi) is 4.59. The Labute approximate surface area is 109 Å². The van der Waals surface area contributed by atoms with Gasteiger partial charge in [0.25, 0.3) is 0 Å². The third kappa shape index (κ3) is 3.14. The first kappa shape index (κ1) is 14.8. The van der Waals surface area contributed by atoms with Gasteiger partial charge >= 0.3 is 0 Å². The highest BCUT2D eigenvalue weighted by Gasteiger charge is 2.19. The number of rotatable bonds is 5. The van der Waals surface area contributed by atoms with Crippen molar-refractivity contribution >= 4 is 15.7 Å². The molecule has 0 aliphatic heterocycles. The highest BCUT2D eigenvalue weighted by molar-refractivity contribution is 7.89. The van der Waals surface area contributed by atoms with Crippen LogP contribution in [0.15, 0.2) is 23.1 Å². The van der Waals surface area contributed by atoms with Crippen LogP contribution in [0.5, 0.6) is 5.75 Å². The lowest BCUT2D eigenvalue weighted by atomic mass is 10.3. The number of ether oxygens (including phenoxy) is 1. The van der Waals surface area contributed by atoms with Crippen molar-refractivity contribution in [2.45, 2.75) is 31.3 Å². The van der Waals surface area contributed by atoms with Crippen molar-refractivity contribution in [2.75, 3.05) is 19.8 Å². The van der Waals surface area contributed by atoms with Gasteiger partial charge in [0.15, 0.2) is 0 Å². The largest absolute Gasteiger partial charge is 0.489 e. The molecule has 5 nitrogen and oxygen atoms in total. The van der Waals surface area contributed by atoms with E-state index in [1.807, 2.05) is 13.8 Å². The first-order chi connectivity index (χ1) is 8.28. The summed E-state index contributed by atoms with van der Waals surface area (Å²) in [5.41, 5.74) is 6.22. The van der Waals surface area contributed by atoms with E-state index in [4.69, 9.17) is 10.5 Å². The van der Waals surface area contributed by atoms with E-state index in [1.54, 1.807) is 6.07 Å². The molecule has 0 amide bonds. The Morgan fingerprint density at radius 2 is 2.00 bits per heavy atom. The van der Waals surface area contributed by atoms with E-state index in [9.17, 15) is 8.42 Å². The summed E-state index contributed by atoms with van der Waals surface area (Å²) in [6.45, 7) is 3.90. The van der Waals surface area contributed by atoms with Crippen LogP contribution in [0.4, 0.5) is 5.69 Å². The number of anilines is 1. The highest BCUT2D eigenvalue weighted by Crippen LogP contribution is 2.27. The molecule has 0 saturated carbocycles. The molecule has 0 radical (unpaired) electrons. The van der Waals surface area contributed by atoms with E-state index in [2.05, 4.69) is 0 Å². The maximum absolute atomic E-state index is 12.0. The maximum atomic E-state index is 12.0. The summed E-state index contributed by atoms with van der Waals surface area (Å²) in [7, 11) is -0.487. The van der Waals surface area contributed by atoms with E-state index in [-0.39, 0.29) is 11.0 Å². The molecule has 0 saturated heterocycles. The molecular formula is C12H20N2O3S. The quantitative estimate of drug-likeness (QED) is 0.828. The number of nitrogens with zero attached hydrogens (tertiary/aromatic N) is 1. The van der Waals surface area contributed by atoms with Crippen molar-refractivity contribution in [3.8, 4) is 5.75 Å². The zero-order valence-corrected chi connectivity index (χ0v) is 12.0. The molecule has 0 heterocycles. The van der Waals surface area contributed by atoms with Crippen LogP contribution in [-0.2, 0) is 10.0 Å². The second kappa shape index (κ2) is 5.58. The zero-order valence-electron chi connectivity index (χ0n) is 11.2. The van der Waals surface area contributed by atoms with Crippen LogP contribution in [0.3, 0.4) is 0 Å². The van der Waals surface area contributed by atoms with Crippen LogP contribution < -0.4 is 10.5 Å². The lowest BCUT2D eigenvalue weighted by Gasteiger charge is -2.17. The number of sulfonamides is 1. The number of benzene rings is 1. The van der Waals surface area contributed by atoms with Crippen LogP contribution >= 0.6 is 0 Å². The van der Waals surface area contributed by atoms with Crippen LogP contribution in [-0.4, -0.2) is 32.9 Å². The number of nitrogens with two attached hydrogens (primary N) is 1. The Morgan fingerprint density at radius 1 is 1.39 bits per heavy atom. The van der Waals surface area contributed by atoms with E-state index >= 15 is 0 Å². The first-order valence-corrected chi connectivity index (χ1v) is 7.21. The molecule has 0 spiro atoms. The number of nitrogen functional groups attached to an aromatic ring is 1. The minimum atomic E-state index is -3.46. The molecule has 1 atom stereocenters. The molecule has 2 N–H and O–H groups in total. The third-order valence-electron chi connectivity index (χ3n) is 2.67. The molecule has 0 fully saturated rings. The summed E-state index contributed by atoms with van der Waals surface area (Å²) in [5.74, 6) is 0.410.